The fourth-order valence-corrected chi connectivity index (χ4v) is 2.22. The van der Waals surface area contributed by atoms with E-state index in [4.69, 9.17) is 5.73 Å². The van der Waals surface area contributed by atoms with Gasteiger partial charge in [-0.05, 0) is 47.6 Å². The second kappa shape index (κ2) is 6.60. The third-order valence-corrected chi connectivity index (χ3v) is 4.16. The Morgan fingerprint density at radius 3 is 2.37 bits per heavy atom. The first-order valence-electron chi connectivity index (χ1n) is 6.04. The van der Waals surface area contributed by atoms with Crippen molar-refractivity contribution in [3.8, 4) is 0 Å². The van der Waals surface area contributed by atoms with Gasteiger partial charge in [-0.2, -0.15) is 0 Å². The molecule has 0 atom stereocenters. The first kappa shape index (κ1) is 16.3. The molecule has 0 aromatic heterocycles. The zero-order chi connectivity index (χ0) is 14.6. The van der Waals surface area contributed by atoms with Gasteiger partial charge in [0, 0.05) is 15.7 Å². The predicted molar refractivity (Wildman–Crippen MR) is 78.9 cm³/mol. The lowest BCUT2D eigenvalue weighted by Crippen LogP contribution is -2.49. The van der Waals surface area contributed by atoms with Crippen LogP contribution in [0.15, 0.2) is 12.1 Å². The molecule has 0 bridgehead atoms. The lowest BCUT2D eigenvalue weighted by Gasteiger charge is -2.26. The number of carbonyl (C=O) groups is 1. The molecule has 1 rings (SSSR count). The van der Waals surface area contributed by atoms with Gasteiger partial charge in [-0.25, -0.2) is 8.78 Å². The number of hydrogen-bond acceptors (Lipinski definition) is 2. The molecule has 6 heteroatoms. The van der Waals surface area contributed by atoms with Crippen molar-refractivity contribution in [1.82, 2.24) is 5.32 Å². The van der Waals surface area contributed by atoms with Crippen LogP contribution in [0.3, 0.4) is 0 Å². The van der Waals surface area contributed by atoms with E-state index in [2.05, 4.69) is 5.32 Å². The van der Waals surface area contributed by atoms with Gasteiger partial charge < -0.3 is 11.1 Å². The van der Waals surface area contributed by atoms with Gasteiger partial charge in [0.1, 0.15) is 0 Å². The Labute approximate surface area is 125 Å². The quantitative estimate of drug-likeness (QED) is 0.608. The first-order chi connectivity index (χ1) is 8.83. The highest BCUT2D eigenvalue weighted by molar-refractivity contribution is 14.1. The first-order valence-corrected chi connectivity index (χ1v) is 7.12. The molecule has 0 aliphatic carbocycles. The van der Waals surface area contributed by atoms with Crippen molar-refractivity contribution in [2.24, 2.45) is 5.73 Å². The Hall–Kier alpha value is -0.760. The van der Waals surface area contributed by atoms with E-state index in [0.717, 1.165) is 25.0 Å². The molecule has 0 aliphatic rings. The SMILES string of the molecule is CCC(N)(CC)CNC(=O)c1cc(F)c(F)cc1I. The molecule has 0 aliphatic heterocycles. The van der Waals surface area contributed by atoms with E-state index < -0.39 is 23.1 Å². The maximum absolute atomic E-state index is 13.1. The van der Waals surface area contributed by atoms with Gasteiger partial charge in [-0.1, -0.05) is 13.8 Å². The van der Waals surface area contributed by atoms with Crippen molar-refractivity contribution < 1.29 is 13.6 Å². The van der Waals surface area contributed by atoms with Crippen LogP contribution in [0, 0.1) is 15.2 Å². The molecule has 0 fully saturated rings. The van der Waals surface area contributed by atoms with Crippen LogP contribution < -0.4 is 11.1 Å². The van der Waals surface area contributed by atoms with Crippen molar-refractivity contribution in [2.75, 3.05) is 6.54 Å². The summed E-state index contributed by atoms with van der Waals surface area (Å²) in [6, 6.07) is 1.91. The molecule has 3 nitrogen and oxygen atoms in total. The molecule has 1 aromatic carbocycles. The van der Waals surface area contributed by atoms with Gasteiger partial charge >= 0.3 is 0 Å². The molecule has 0 unspecified atom stereocenters. The van der Waals surface area contributed by atoms with E-state index in [9.17, 15) is 13.6 Å². The standard InChI is InChI=1S/C13H17F2IN2O/c1-3-13(17,4-2)7-18-12(19)8-5-9(14)10(15)6-11(8)16/h5-6H,3-4,7,17H2,1-2H3,(H,18,19). The number of benzene rings is 1. The third kappa shape index (κ3) is 4.10. The molecule has 0 spiro atoms. The monoisotopic (exact) mass is 382 g/mol. The van der Waals surface area contributed by atoms with Crippen LogP contribution in [0.4, 0.5) is 8.78 Å². The smallest absolute Gasteiger partial charge is 0.252 e. The number of hydrogen-bond donors (Lipinski definition) is 2. The topological polar surface area (TPSA) is 55.1 Å². The predicted octanol–water partition coefficient (Wildman–Crippen LogP) is 2.82. The number of rotatable bonds is 5. The normalized spacial score (nSPS) is 11.5. The zero-order valence-corrected chi connectivity index (χ0v) is 13.1. The summed E-state index contributed by atoms with van der Waals surface area (Å²) in [6.45, 7) is 4.18. The molecule has 0 heterocycles. The second-order valence-corrected chi connectivity index (χ2v) is 5.66. The van der Waals surface area contributed by atoms with E-state index in [-0.39, 0.29) is 5.56 Å². The highest BCUT2D eigenvalue weighted by Crippen LogP contribution is 2.17. The van der Waals surface area contributed by atoms with E-state index in [1.165, 1.54) is 0 Å². The third-order valence-electron chi connectivity index (χ3n) is 3.26. The molecule has 0 saturated heterocycles. The van der Waals surface area contributed by atoms with Crippen LogP contribution in [0.1, 0.15) is 37.0 Å². The Kier molecular flexibility index (Phi) is 5.66. The summed E-state index contributed by atoms with van der Waals surface area (Å²) in [4.78, 5) is 11.9. The minimum atomic E-state index is -1.03. The van der Waals surface area contributed by atoms with Gasteiger partial charge in [0.2, 0.25) is 0 Å². The van der Waals surface area contributed by atoms with Crippen molar-refractivity contribution in [3.05, 3.63) is 32.9 Å². The van der Waals surface area contributed by atoms with Gasteiger partial charge in [0.25, 0.3) is 5.91 Å². The minimum absolute atomic E-state index is 0.119. The summed E-state index contributed by atoms with van der Waals surface area (Å²) in [6.07, 6.45) is 1.44. The van der Waals surface area contributed by atoms with Crippen molar-refractivity contribution in [1.29, 1.82) is 0 Å². The average Bonchev–Trinajstić information content (AvgIpc) is 2.39. The van der Waals surface area contributed by atoms with E-state index in [0.29, 0.717) is 10.1 Å². The summed E-state index contributed by atoms with van der Waals surface area (Å²) in [7, 11) is 0. The lowest BCUT2D eigenvalue weighted by atomic mass is 9.94. The maximum atomic E-state index is 13.1. The number of carbonyl (C=O) groups excluding carboxylic acids is 1. The van der Waals surface area contributed by atoms with Gasteiger partial charge in [0.05, 0.1) is 5.56 Å². The summed E-state index contributed by atoms with van der Waals surface area (Å²) in [5.74, 6) is -2.44. The number of halogens is 3. The van der Waals surface area contributed by atoms with Crippen LogP contribution in [0.5, 0.6) is 0 Å². The molecule has 106 valence electrons. The average molecular weight is 382 g/mol. The summed E-state index contributed by atoms with van der Waals surface area (Å²) < 4.78 is 26.5. The van der Waals surface area contributed by atoms with Gasteiger partial charge in [-0.15, -0.1) is 0 Å². The second-order valence-electron chi connectivity index (χ2n) is 4.50. The molecular formula is C13H17F2IN2O. The van der Waals surface area contributed by atoms with Crippen LogP contribution in [0.25, 0.3) is 0 Å². The molecule has 19 heavy (non-hydrogen) atoms. The Morgan fingerprint density at radius 2 is 1.84 bits per heavy atom. The summed E-state index contributed by atoms with van der Waals surface area (Å²) >= 11 is 1.80. The maximum Gasteiger partial charge on any atom is 0.252 e. The molecule has 0 radical (unpaired) electrons. The van der Waals surface area contributed by atoms with Crippen molar-refractivity contribution in [3.63, 3.8) is 0 Å². The van der Waals surface area contributed by atoms with Crippen LogP contribution >= 0.6 is 22.6 Å². The number of nitrogens with one attached hydrogen (secondary N) is 1. The van der Waals surface area contributed by atoms with Crippen LogP contribution in [-0.2, 0) is 0 Å². The van der Waals surface area contributed by atoms with E-state index in [1.54, 1.807) is 22.6 Å². The number of nitrogens with two attached hydrogens (primary N) is 1. The number of amides is 1. The highest BCUT2D eigenvalue weighted by atomic mass is 127. The fourth-order valence-electron chi connectivity index (χ4n) is 1.55. The lowest BCUT2D eigenvalue weighted by molar-refractivity contribution is 0.0940. The summed E-state index contributed by atoms with van der Waals surface area (Å²) in [5.41, 5.74) is 5.71. The minimum Gasteiger partial charge on any atom is -0.350 e. The van der Waals surface area contributed by atoms with Gasteiger partial charge in [-0.3, -0.25) is 4.79 Å². The molecule has 1 amide bonds. The molecule has 1 aromatic rings. The molecule has 3 N–H and O–H groups in total. The van der Waals surface area contributed by atoms with Crippen molar-refractivity contribution >= 4 is 28.5 Å². The zero-order valence-electron chi connectivity index (χ0n) is 10.9. The van der Waals surface area contributed by atoms with Crippen molar-refractivity contribution in [2.45, 2.75) is 32.2 Å². The van der Waals surface area contributed by atoms with Crippen LogP contribution in [0.2, 0.25) is 0 Å². The van der Waals surface area contributed by atoms with Gasteiger partial charge in [0.15, 0.2) is 11.6 Å². The molecular weight excluding hydrogens is 365 g/mol. The highest BCUT2D eigenvalue weighted by Gasteiger charge is 2.22. The Morgan fingerprint density at radius 1 is 1.32 bits per heavy atom. The van der Waals surface area contributed by atoms with E-state index >= 15 is 0 Å². The van der Waals surface area contributed by atoms with Crippen LogP contribution in [-0.4, -0.2) is 18.0 Å². The largest absolute Gasteiger partial charge is 0.350 e. The Bertz CT molecular complexity index is 476. The Balaban J connectivity index is 2.82. The summed E-state index contributed by atoms with van der Waals surface area (Å²) in [5, 5.41) is 2.67. The fraction of sp³-hybridized carbons (Fsp3) is 0.462. The molecule has 0 saturated carbocycles. The van der Waals surface area contributed by atoms with E-state index in [1.807, 2.05) is 13.8 Å².